The molecule has 0 radical (unpaired) electrons. The van der Waals surface area contributed by atoms with E-state index in [-0.39, 0.29) is 11.6 Å². The summed E-state index contributed by atoms with van der Waals surface area (Å²) >= 11 is 0. The summed E-state index contributed by atoms with van der Waals surface area (Å²) in [6, 6.07) is 2.23. The van der Waals surface area contributed by atoms with Gasteiger partial charge in [-0.1, -0.05) is 0 Å². The zero-order valence-corrected chi connectivity index (χ0v) is 10.9. The molecular formula is C13H22N2O. The summed E-state index contributed by atoms with van der Waals surface area (Å²) in [7, 11) is 1.95. The third-order valence-electron chi connectivity index (χ3n) is 2.49. The fourth-order valence-corrected chi connectivity index (χ4v) is 1.50. The van der Waals surface area contributed by atoms with Gasteiger partial charge in [0.15, 0.2) is 0 Å². The molecule has 3 nitrogen and oxygen atoms in total. The summed E-state index contributed by atoms with van der Waals surface area (Å²) < 4.78 is 5.80. The van der Waals surface area contributed by atoms with Gasteiger partial charge in [-0.3, -0.25) is 4.98 Å². The minimum atomic E-state index is -0.106. The number of rotatable bonds is 4. The number of hydrogen-bond donors (Lipinski definition) is 1. The van der Waals surface area contributed by atoms with Crippen molar-refractivity contribution < 1.29 is 4.74 Å². The number of aryl methyl sites for hydroxylation is 1. The van der Waals surface area contributed by atoms with Gasteiger partial charge in [-0.25, -0.2) is 0 Å². The summed E-state index contributed by atoms with van der Waals surface area (Å²) in [5.41, 5.74) is 2.34. The highest BCUT2D eigenvalue weighted by Crippen LogP contribution is 2.18. The summed E-state index contributed by atoms with van der Waals surface area (Å²) in [5.74, 6) is 0. The third-order valence-corrected chi connectivity index (χ3v) is 2.49. The van der Waals surface area contributed by atoms with Crippen molar-refractivity contribution in [3.8, 4) is 0 Å². The van der Waals surface area contributed by atoms with Crippen LogP contribution in [0.4, 0.5) is 0 Å². The Morgan fingerprint density at radius 3 is 2.62 bits per heavy atom. The van der Waals surface area contributed by atoms with Gasteiger partial charge in [0, 0.05) is 12.4 Å². The van der Waals surface area contributed by atoms with Crippen LogP contribution in [-0.2, 0) is 4.74 Å². The maximum atomic E-state index is 5.80. The van der Waals surface area contributed by atoms with Gasteiger partial charge in [0.05, 0.1) is 18.2 Å². The minimum Gasteiger partial charge on any atom is -0.374 e. The molecule has 0 aliphatic rings. The number of aromatic nitrogens is 1. The molecule has 3 heteroatoms. The molecule has 1 unspecified atom stereocenters. The number of ether oxygens (including phenoxy) is 1. The fraction of sp³-hybridized carbons (Fsp3) is 0.615. The topological polar surface area (TPSA) is 34.1 Å². The Balaban J connectivity index is 2.72. The highest BCUT2D eigenvalue weighted by Gasteiger charge is 2.16. The molecule has 1 heterocycles. The van der Waals surface area contributed by atoms with Gasteiger partial charge in [0.1, 0.15) is 0 Å². The lowest BCUT2D eigenvalue weighted by Gasteiger charge is -2.25. The summed E-state index contributed by atoms with van der Waals surface area (Å²) in [6.45, 7) is 8.95. The van der Waals surface area contributed by atoms with E-state index in [0.29, 0.717) is 6.61 Å². The van der Waals surface area contributed by atoms with Crippen LogP contribution in [0, 0.1) is 6.92 Å². The number of nitrogens with one attached hydrogen (secondary N) is 1. The Bertz CT molecular complexity index is 331. The molecule has 16 heavy (non-hydrogen) atoms. The molecule has 0 saturated heterocycles. The quantitative estimate of drug-likeness (QED) is 0.849. The lowest BCUT2D eigenvalue weighted by molar-refractivity contribution is -0.0140. The second-order valence-corrected chi connectivity index (χ2v) is 5.00. The van der Waals surface area contributed by atoms with Gasteiger partial charge in [0.2, 0.25) is 0 Å². The summed E-state index contributed by atoms with van der Waals surface area (Å²) in [4.78, 5) is 4.16. The van der Waals surface area contributed by atoms with Crippen molar-refractivity contribution in [2.45, 2.75) is 39.3 Å². The molecule has 0 amide bonds. The van der Waals surface area contributed by atoms with E-state index in [1.54, 1.807) is 0 Å². The third kappa shape index (κ3) is 3.91. The van der Waals surface area contributed by atoms with E-state index in [2.05, 4.69) is 38.0 Å². The number of hydrogen-bond acceptors (Lipinski definition) is 3. The molecule has 1 N–H and O–H groups in total. The SMILES string of the molecule is CNC(COC(C)(C)C)c1cnccc1C. The highest BCUT2D eigenvalue weighted by molar-refractivity contribution is 5.25. The number of nitrogens with zero attached hydrogens (tertiary/aromatic N) is 1. The standard InChI is InChI=1S/C13H22N2O/c1-10-6-7-15-8-11(10)12(14-5)9-16-13(2,3)4/h6-8,12,14H,9H2,1-5H3. The van der Waals surface area contributed by atoms with Gasteiger partial charge in [-0.2, -0.15) is 0 Å². The van der Waals surface area contributed by atoms with Crippen molar-refractivity contribution in [1.29, 1.82) is 0 Å². The molecule has 0 aliphatic carbocycles. The first-order valence-electron chi connectivity index (χ1n) is 5.66. The highest BCUT2D eigenvalue weighted by atomic mass is 16.5. The second-order valence-electron chi connectivity index (χ2n) is 5.00. The Labute approximate surface area is 98.2 Å². The number of pyridine rings is 1. The van der Waals surface area contributed by atoms with E-state index >= 15 is 0 Å². The van der Waals surface area contributed by atoms with Crippen LogP contribution in [0.3, 0.4) is 0 Å². The van der Waals surface area contributed by atoms with Gasteiger partial charge >= 0.3 is 0 Å². The Morgan fingerprint density at radius 1 is 1.44 bits per heavy atom. The van der Waals surface area contributed by atoms with E-state index in [4.69, 9.17) is 4.74 Å². The van der Waals surface area contributed by atoms with Crippen LogP contribution in [0.5, 0.6) is 0 Å². The van der Waals surface area contributed by atoms with Crippen molar-refractivity contribution >= 4 is 0 Å². The first-order valence-corrected chi connectivity index (χ1v) is 5.66. The van der Waals surface area contributed by atoms with Crippen LogP contribution < -0.4 is 5.32 Å². The Hall–Kier alpha value is -0.930. The van der Waals surface area contributed by atoms with Crippen LogP contribution in [-0.4, -0.2) is 24.2 Å². The van der Waals surface area contributed by atoms with Gasteiger partial charge < -0.3 is 10.1 Å². The molecule has 0 aromatic carbocycles. The molecule has 0 fully saturated rings. The molecule has 90 valence electrons. The molecule has 0 saturated carbocycles. The zero-order chi connectivity index (χ0) is 12.2. The molecule has 1 aromatic rings. The summed E-state index contributed by atoms with van der Waals surface area (Å²) in [6.07, 6.45) is 3.72. The molecule has 1 rings (SSSR count). The fourth-order valence-electron chi connectivity index (χ4n) is 1.50. The van der Waals surface area contributed by atoms with Crippen LogP contribution in [0.2, 0.25) is 0 Å². The van der Waals surface area contributed by atoms with Crippen LogP contribution in [0.15, 0.2) is 18.5 Å². The summed E-state index contributed by atoms with van der Waals surface area (Å²) in [5, 5.41) is 3.27. The van der Waals surface area contributed by atoms with Crippen molar-refractivity contribution in [2.75, 3.05) is 13.7 Å². The van der Waals surface area contributed by atoms with Crippen molar-refractivity contribution in [3.05, 3.63) is 29.6 Å². The van der Waals surface area contributed by atoms with Crippen molar-refractivity contribution in [1.82, 2.24) is 10.3 Å². The van der Waals surface area contributed by atoms with Crippen LogP contribution in [0.1, 0.15) is 37.9 Å². The molecule has 1 atom stereocenters. The normalized spacial score (nSPS) is 13.8. The smallest absolute Gasteiger partial charge is 0.0669 e. The number of likely N-dealkylation sites (N-methyl/N-ethyl adjacent to an activating group) is 1. The Kier molecular flexibility index (Phi) is 4.44. The maximum Gasteiger partial charge on any atom is 0.0669 e. The van der Waals surface area contributed by atoms with Gasteiger partial charge in [-0.05, 0) is 51.9 Å². The predicted molar refractivity (Wildman–Crippen MR) is 66.5 cm³/mol. The maximum absolute atomic E-state index is 5.80. The largest absolute Gasteiger partial charge is 0.374 e. The second kappa shape index (κ2) is 5.41. The lowest BCUT2D eigenvalue weighted by Crippen LogP contribution is -2.28. The molecule has 0 aliphatic heterocycles. The van der Waals surface area contributed by atoms with E-state index < -0.39 is 0 Å². The first kappa shape index (κ1) is 13.1. The zero-order valence-electron chi connectivity index (χ0n) is 10.9. The van der Waals surface area contributed by atoms with Gasteiger partial charge in [-0.15, -0.1) is 0 Å². The molecule has 1 aromatic heterocycles. The van der Waals surface area contributed by atoms with E-state index in [0.717, 1.165) is 0 Å². The van der Waals surface area contributed by atoms with Gasteiger partial charge in [0.25, 0.3) is 0 Å². The molecule has 0 bridgehead atoms. The van der Waals surface area contributed by atoms with Crippen LogP contribution in [0.25, 0.3) is 0 Å². The first-order chi connectivity index (χ1) is 7.44. The van der Waals surface area contributed by atoms with E-state index in [9.17, 15) is 0 Å². The average Bonchev–Trinajstić information content (AvgIpc) is 2.20. The van der Waals surface area contributed by atoms with E-state index in [1.165, 1.54) is 11.1 Å². The Morgan fingerprint density at radius 2 is 2.12 bits per heavy atom. The van der Waals surface area contributed by atoms with Crippen molar-refractivity contribution in [2.24, 2.45) is 0 Å². The van der Waals surface area contributed by atoms with E-state index in [1.807, 2.05) is 25.5 Å². The molecular weight excluding hydrogens is 200 g/mol. The molecule has 0 spiro atoms. The lowest BCUT2D eigenvalue weighted by atomic mass is 10.0. The average molecular weight is 222 g/mol. The van der Waals surface area contributed by atoms with Crippen LogP contribution >= 0.6 is 0 Å². The minimum absolute atomic E-state index is 0.106. The predicted octanol–water partition coefficient (Wildman–Crippen LogP) is 2.47. The van der Waals surface area contributed by atoms with Crippen molar-refractivity contribution in [3.63, 3.8) is 0 Å². The monoisotopic (exact) mass is 222 g/mol.